The lowest BCUT2D eigenvalue weighted by atomic mass is 9.81. The van der Waals surface area contributed by atoms with Crippen LogP contribution in [-0.2, 0) is 12.5 Å². The number of fused-ring (bicyclic) bond motifs is 6. The second-order valence-corrected chi connectivity index (χ2v) is 11.0. The first-order valence-corrected chi connectivity index (χ1v) is 13.1. The highest BCUT2D eigenvalue weighted by atomic mass is 19.1. The Balaban J connectivity index is 1.53. The smallest absolute Gasteiger partial charge is 0.219 e. The zero-order valence-corrected chi connectivity index (χ0v) is 22.5. The van der Waals surface area contributed by atoms with E-state index >= 15 is 4.39 Å². The highest BCUT2D eigenvalue weighted by Gasteiger charge is 2.35. The minimum absolute atomic E-state index is 0.0340. The van der Waals surface area contributed by atoms with Crippen molar-refractivity contribution in [3.8, 4) is 39.6 Å². The number of hydrogen-bond acceptors (Lipinski definition) is 2. The van der Waals surface area contributed by atoms with Gasteiger partial charge >= 0.3 is 0 Å². The standard InChI is InChI=1S/C36H28FN2O/c1-20-10-13-26-27-15-12-23(18-38)33(35(27)40-34(26)32(20)31-17-30(37)21(2)19-39(31)5)22-11-14-25-24-8-6-7-9-28(24)36(3,4)29(25)16-22/h6-17,19H,1-5H3/q+1/i2D3,17D,19D. The van der Waals surface area contributed by atoms with Gasteiger partial charge < -0.3 is 4.42 Å². The van der Waals surface area contributed by atoms with Gasteiger partial charge in [-0.05, 0) is 65.4 Å². The second kappa shape index (κ2) is 8.37. The summed E-state index contributed by atoms with van der Waals surface area (Å²) in [6, 6.07) is 23.6. The first-order valence-electron chi connectivity index (χ1n) is 15.6. The number of furan rings is 1. The van der Waals surface area contributed by atoms with E-state index in [4.69, 9.17) is 11.3 Å². The van der Waals surface area contributed by atoms with Crippen LogP contribution < -0.4 is 4.57 Å². The van der Waals surface area contributed by atoms with Crippen molar-refractivity contribution in [1.29, 1.82) is 5.26 Å². The van der Waals surface area contributed by atoms with E-state index in [2.05, 4.69) is 44.2 Å². The van der Waals surface area contributed by atoms with Gasteiger partial charge in [-0.1, -0.05) is 62.4 Å². The Morgan fingerprint density at radius 2 is 1.65 bits per heavy atom. The Labute approximate surface area is 239 Å². The van der Waals surface area contributed by atoms with Gasteiger partial charge in [0.2, 0.25) is 5.69 Å². The van der Waals surface area contributed by atoms with Crippen LogP contribution in [0.3, 0.4) is 0 Å². The lowest BCUT2D eigenvalue weighted by Crippen LogP contribution is -2.31. The Morgan fingerprint density at radius 3 is 2.42 bits per heavy atom. The fraction of sp³-hybridized carbons (Fsp3) is 0.167. The number of nitriles is 1. The molecule has 40 heavy (non-hydrogen) atoms. The van der Waals surface area contributed by atoms with Gasteiger partial charge in [0.15, 0.2) is 6.17 Å². The molecule has 0 atom stereocenters. The summed E-state index contributed by atoms with van der Waals surface area (Å²) < 4.78 is 63.8. The molecule has 2 aromatic heterocycles. The van der Waals surface area contributed by atoms with Crippen LogP contribution in [0.2, 0.25) is 0 Å². The number of nitrogens with zero attached hydrogens (tertiary/aromatic N) is 2. The molecule has 0 fully saturated rings. The maximum Gasteiger partial charge on any atom is 0.219 e. The van der Waals surface area contributed by atoms with E-state index in [1.54, 1.807) is 13.0 Å². The number of pyridine rings is 1. The quantitative estimate of drug-likeness (QED) is 0.211. The summed E-state index contributed by atoms with van der Waals surface area (Å²) in [5.74, 6) is -1.25. The lowest BCUT2D eigenvalue weighted by molar-refractivity contribution is -0.661. The van der Waals surface area contributed by atoms with Crippen molar-refractivity contribution in [3.05, 3.63) is 113 Å². The number of hydrogen-bond donors (Lipinski definition) is 0. The molecular formula is C36H28FN2O+. The molecule has 4 aromatic carbocycles. The summed E-state index contributed by atoms with van der Waals surface area (Å²) in [6.07, 6.45) is -0.541. The van der Waals surface area contributed by atoms with Gasteiger partial charge in [0.25, 0.3) is 0 Å². The summed E-state index contributed by atoms with van der Waals surface area (Å²) in [6.45, 7) is 3.28. The molecule has 0 bridgehead atoms. The predicted molar refractivity (Wildman–Crippen MR) is 157 cm³/mol. The molecule has 0 aliphatic heterocycles. The van der Waals surface area contributed by atoms with E-state index in [0.29, 0.717) is 38.8 Å². The molecule has 4 heteroatoms. The van der Waals surface area contributed by atoms with Gasteiger partial charge in [-0.2, -0.15) is 5.26 Å². The number of halogens is 1. The van der Waals surface area contributed by atoms with Crippen molar-refractivity contribution in [2.24, 2.45) is 7.05 Å². The van der Waals surface area contributed by atoms with Crippen LogP contribution in [0.15, 0.2) is 83.4 Å². The van der Waals surface area contributed by atoms with Crippen LogP contribution in [0.5, 0.6) is 0 Å². The normalized spacial score (nSPS) is 15.6. The number of rotatable bonds is 2. The van der Waals surface area contributed by atoms with Gasteiger partial charge in [0, 0.05) is 37.5 Å². The van der Waals surface area contributed by atoms with E-state index in [-0.39, 0.29) is 11.1 Å². The zero-order valence-electron chi connectivity index (χ0n) is 27.5. The molecule has 1 aliphatic carbocycles. The fourth-order valence-corrected chi connectivity index (χ4v) is 6.29. The SMILES string of the molecule is [2H]c1c(F)c(C([2H])([2H])[2H])c([2H])[n+](C)c1-c1c(C)ccc2c1oc1c(-c3ccc4c(c3)C(C)(C)c3ccccc3-4)c(C#N)ccc12. The molecule has 0 amide bonds. The number of benzene rings is 4. The van der Waals surface area contributed by atoms with Crippen LogP contribution in [0.25, 0.3) is 55.4 Å². The van der Waals surface area contributed by atoms with Gasteiger partial charge in [-0.3, -0.25) is 0 Å². The van der Waals surface area contributed by atoms with Crippen molar-refractivity contribution in [1.82, 2.24) is 0 Å². The monoisotopic (exact) mass is 528 g/mol. The Hall–Kier alpha value is -4.75. The summed E-state index contributed by atoms with van der Waals surface area (Å²) in [5.41, 5.74) is 7.48. The van der Waals surface area contributed by atoms with Crippen LogP contribution in [0.4, 0.5) is 4.39 Å². The van der Waals surface area contributed by atoms with E-state index < -0.39 is 30.4 Å². The first kappa shape index (κ1) is 19.3. The van der Waals surface area contributed by atoms with Crippen molar-refractivity contribution in [3.63, 3.8) is 0 Å². The molecular weight excluding hydrogens is 495 g/mol. The van der Waals surface area contributed by atoms with Crippen LogP contribution in [-0.4, -0.2) is 0 Å². The molecule has 0 unspecified atom stereocenters. The third kappa shape index (κ3) is 3.24. The highest BCUT2D eigenvalue weighted by molar-refractivity contribution is 6.14. The Morgan fingerprint density at radius 1 is 0.925 bits per heavy atom. The maximum absolute atomic E-state index is 15.5. The lowest BCUT2D eigenvalue weighted by Gasteiger charge is -2.22. The summed E-state index contributed by atoms with van der Waals surface area (Å²) in [4.78, 5) is 0. The van der Waals surface area contributed by atoms with Gasteiger partial charge in [0.1, 0.15) is 25.4 Å². The molecule has 194 valence electrons. The van der Waals surface area contributed by atoms with Crippen LogP contribution in [0, 0.1) is 30.9 Å². The van der Waals surface area contributed by atoms with E-state index in [1.807, 2.05) is 36.4 Å². The highest BCUT2D eigenvalue weighted by Crippen LogP contribution is 2.50. The minimum atomic E-state index is -2.90. The average molecular weight is 529 g/mol. The third-order valence-corrected chi connectivity index (χ3v) is 8.31. The summed E-state index contributed by atoms with van der Waals surface area (Å²) in [5, 5.41) is 11.7. The minimum Gasteiger partial charge on any atom is -0.454 e. The first-order chi connectivity index (χ1) is 21.3. The van der Waals surface area contributed by atoms with Crippen molar-refractivity contribution in [2.45, 2.75) is 33.0 Å². The largest absolute Gasteiger partial charge is 0.454 e. The van der Waals surface area contributed by atoms with Crippen LogP contribution >= 0.6 is 0 Å². The van der Waals surface area contributed by atoms with Crippen molar-refractivity contribution < 1.29 is 20.2 Å². The van der Waals surface area contributed by atoms with Crippen molar-refractivity contribution >= 4 is 21.9 Å². The zero-order chi connectivity index (χ0) is 32.2. The third-order valence-electron chi connectivity index (χ3n) is 8.31. The Kier molecular flexibility index (Phi) is 4.05. The molecule has 0 spiro atoms. The molecule has 6 aromatic rings. The van der Waals surface area contributed by atoms with Crippen LogP contribution in [0.1, 0.15) is 48.5 Å². The molecule has 2 heterocycles. The van der Waals surface area contributed by atoms with Crippen molar-refractivity contribution in [2.75, 3.05) is 0 Å². The molecule has 1 aliphatic rings. The summed E-state index contributed by atoms with van der Waals surface area (Å²) in [7, 11) is 1.45. The fourth-order valence-electron chi connectivity index (χ4n) is 6.29. The van der Waals surface area contributed by atoms with Gasteiger partial charge in [-0.25, -0.2) is 8.96 Å². The molecule has 0 saturated carbocycles. The molecule has 0 radical (unpaired) electrons. The number of aromatic nitrogens is 1. The second-order valence-electron chi connectivity index (χ2n) is 11.0. The van der Waals surface area contributed by atoms with E-state index in [1.165, 1.54) is 22.7 Å². The van der Waals surface area contributed by atoms with E-state index in [9.17, 15) is 5.26 Å². The predicted octanol–water partition coefficient (Wildman–Crippen LogP) is 8.68. The Bertz CT molecular complexity index is 2280. The van der Waals surface area contributed by atoms with Gasteiger partial charge in [0.05, 0.1) is 18.6 Å². The van der Waals surface area contributed by atoms with E-state index in [0.717, 1.165) is 22.1 Å². The molecule has 0 N–H and O–H groups in total. The average Bonchev–Trinajstić information content (AvgIpc) is 3.48. The summed E-state index contributed by atoms with van der Waals surface area (Å²) >= 11 is 0. The number of aryl methyl sites for hydroxylation is 1. The molecule has 7 rings (SSSR count). The maximum atomic E-state index is 15.5. The molecule has 3 nitrogen and oxygen atoms in total. The topological polar surface area (TPSA) is 40.8 Å². The molecule has 0 saturated heterocycles. The van der Waals surface area contributed by atoms with Gasteiger partial charge in [-0.15, -0.1) is 0 Å².